The van der Waals surface area contributed by atoms with Crippen LogP contribution < -0.4 is 0 Å². The third kappa shape index (κ3) is 1.57. The zero-order valence-corrected chi connectivity index (χ0v) is 6.95. The molecule has 0 aliphatic rings. The van der Waals surface area contributed by atoms with Gasteiger partial charge in [-0.2, -0.15) is 8.75 Å². The molecule has 0 saturated heterocycles. The van der Waals surface area contributed by atoms with Crippen molar-refractivity contribution in [3.63, 3.8) is 0 Å². The van der Waals surface area contributed by atoms with Crippen LogP contribution in [0.4, 0.5) is 0 Å². The van der Waals surface area contributed by atoms with E-state index in [1.807, 2.05) is 12.2 Å². The van der Waals surface area contributed by atoms with Gasteiger partial charge in [-0.3, -0.25) is 0 Å². The molecule has 0 atom stereocenters. The highest BCUT2D eigenvalue weighted by atomic mass is 32.1. The number of hydrogen-bond donors (Lipinski definition) is 1. The second-order valence-electron chi connectivity index (χ2n) is 2.17. The second kappa shape index (κ2) is 3.27. The van der Waals surface area contributed by atoms with Crippen LogP contribution in [0.2, 0.25) is 0 Å². The van der Waals surface area contributed by atoms with E-state index in [9.17, 15) is 0 Å². The molecule has 0 aliphatic carbocycles. The number of imidazole rings is 1. The molecular weight excluding hydrogens is 172 g/mol. The second-order valence-corrected chi connectivity index (χ2v) is 2.73. The van der Waals surface area contributed by atoms with Gasteiger partial charge >= 0.3 is 0 Å². The lowest BCUT2D eigenvalue weighted by Gasteiger charge is -1.80. The molecular formula is C7H6N4S. The minimum absolute atomic E-state index is 0.870. The van der Waals surface area contributed by atoms with Crippen molar-refractivity contribution in [2.75, 3.05) is 0 Å². The van der Waals surface area contributed by atoms with E-state index in [0.717, 1.165) is 11.4 Å². The third-order valence-corrected chi connectivity index (χ3v) is 1.82. The molecule has 0 unspecified atom stereocenters. The van der Waals surface area contributed by atoms with Crippen molar-refractivity contribution in [2.45, 2.75) is 0 Å². The molecule has 2 rings (SSSR count). The summed E-state index contributed by atoms with van der Waals surface area (Å²) in [5.41, 5.74) is 1.83. The average Bonchev–Trinajstić information content (AvgIpc) is 2.74. The van der Waals surface area contributed by atoms with E-state index in [4.69, 9.17) is 0 Å². The summed E-state index contributed by atoms with van der Waals surface area (Å²) in [6.45, 7) is 0. The first-order valence-corrected chi connectivity index (χ1v) is 4.12. The number of rotatable bonds is 2. The molecule has 0 saturated carbocycles. The summed E-state index contributed by atoms with van der Waals surface area (Å²) in [6.07, 6.45) is 8.90. The van der Waals surface area contributed by atoms with Crippen LogP contribution in [-0.4, -0.2) is 18.7 Å². The fourth-order valence-electron chi connectivity index (χ4n) is 0.778. The van der Waals surface area contributed by atoms with E-state index in [2.05, 4.69) is 18.7 Å². The number of aromatic amines is 1. The highest BCUT2D eigenvalue weighted by Crippen LogP contribution is 2.02. The van der Waals surface area contributed by atoms with Gasteiger partial charge in [-0.1, -0.05) is 0 Å². The van der Waals surface area contributed by atoms with Crippen molar-refractivity contribution in [3.05, 3.63) is 30.1 Å². The standard InChI is InChI=1S/C7H6N4S/c1(6-3-8-5-9-6)2-7-4-10-12-11-7/h1-5H,(H,8,9)/b2-1+. The van der Waals surface area contributed by atoms with Crippen molar-refractivity contribution >= 4 is 23.9 Å². The Labute approximate surface area is 73.3 Å². The zero-order valence-electron chi connectivity index (χ0n) is 6.14. The number of nitrogens with zero attached hydrogens (tertiary/aromatic N) is 3. The third-order valence-electron chi connectivity index (χ3n) is 1.33. The zero-order chi connectivity index (χ0) is 8.23. The van der Waals surface area contributed by atoms with E-state index >= 15 is 0 Å². The Morgan fingerprint density at radius 1 is 1.33 bits per heavy atom. The molecule has 4 nitrogen and oxygen atoms in total. The maximum absolute atomic E-state index is 4.03. The first kappa shape index (κ1) is 7.17. The van der Waals surface area contributed by atoms with Gasteiger partial charge in [0.1, 0.15) is 0 Å². The maximum atomic E-state index is 4.03. The summed E-state index contributed by atoms with van der Waals surface area (Å²) in [6, 6.07) is 0. The van der Waals surface area contributed by atoms with Gasteiger partial charge in [-0.25, -0.2) is 4.98 Å². The normalized spacial score (nSPS) is 11.0. The van der Waals surface area contributed by atoms with Gasteiger partial charge in [0.05, 0.1) is 41.8 Å². The number of nitrogens with one attached hydrogen (secondary N) is 1. The molecule has 0 amide bonds. The number of aromatic nitrogens is 4. The monoisotopic (exact) mass is 178 g/mol. The summed E-state index contributed by atoms with van der Waals surface area (Å²) >= 11 is 1.20. The smallest absolute Gasteiger partial charge is 0.0970 e. The van der Waals surface area contributed by atoms with Crippen LogP contribution in [0.1, 0.15) is 11.4 Å². The molecule has 60 valence electrons. The highest BCUT2D eigenvalue weighted by Gasteiger charge is 1.89. The molecule has 0 bridgehead atoms. The van der Waals surface area contributed by atoms with E-state index in [1.165, 1.54) is 11.7 Å². The van der Waals surface area contributed by atoms with Gasteiger partial charge in [-0.15, -0.1) is 0 Å². The van der Waals surface area contributed by atoms with Gasteiger partial charge in [0, 0.05) is 0 Å². The highest BCUT2D eigenvalue weighted by molar-refractivity contribution is 6.99. The number of H-pyrrole nitrogens is 1. The molecule has 5 heteroatoms. The van der Waals surface area contributed by atoms with Gasteiger partial charge in [0.2, 0.25) is 0 Å². The van der Waals surface area contributed by atoms with Crippen LogP contribution in [-0.2, 0) is 0 Å². The minimum Gasteiger partial charge on any atom is -0.345 e. The lowest BCUT2D eigenvalue weighted by atomic mass is 10.3. The molecule has 12 heavy (non-hydrogen) atoms. The van der Waals surface area contributed by atoms with Crippen molar-refractivity contribution in [2.24, 2.45) is 0 Å². The van der Waals surface area contributed by atoms with Crippen LogP contribution in [0, 0.1) is 0 Å². The molecule has 2 aromatic rings. The molecule has 2 aromatic heterocycles. The Kier molecular flexibility index (Phi) is 1.96. The quantitative estimate of drug-likeness (QED) is 0.756. The molecule has 0 spiro atoms. The fraction of sp³-hybridized carbons (Fsp3) is 0. The summed E-state index contributed by atoms with van der Waals surface area (Å²) in [4.78, 5) is 6.84. The Balaban J connectivity index is 2.14. The Morgan fingerprint density at radius 2 is 2.33 bits per heavy atom. The van der Waals surface area contributed by atoms with E-state index < -0.39 is 0 Å². The van der Waals surface area contributed by atoms with Crippen molar-refractivity contribution in [1.29, 1.82) is 0 Å². The topological polar surface area (TPSA) is 54.5 Å². The SMILES string of the molecule is C(=C\c1cnc[nH]1)/c1cnsn1. The average molecular weight is 178 g/mol. The lowest BCUT2D eigenvalue weighted by Crippen LogP contribution is -1.69. The van der Waals surface area contributed by atoms with Crippen LogP contribution in [0.3, 0.4) is 0 Å². The van der Waals surface area contributed by atoms with Crippen molar-refractivity contribution < 1.29 is 0 Å². The van der Waals surface area contributed by atoms with Gasteiger partial charge in [0.15, 0.2) is 0 Å². The Morgan fingerprint density at radius 3 is 3.00 bits per heavy atom. The molecule has 2 heterocycles. The van der Waals surface area contributed by atoms with Crippen LogP contribution >= 0.6 is 11.7 Å². The van der Waals surface area contributed by atoms with Gasteiger partial charge in [0.25, 0.3) is 0 Å². The minimum atomic E-state index is 0.870. The van der Waals surface area contributed by atoms with Crippen molar-refractivity contribution in [1.82, 2.24) is 18.7 Å². The first-order valence-electron chi connectivity index (χ1n) is 3.39. The summed E-state index contributed by atoms with van der Waals surface area (Å²) in [7, 11) is 0. The molecule has 0 fully saturated rings. The molecule has 0 radical (unpaired) electrons. The first-order chi connectivity index (χ1) is 5.95. The Bertz CT molecular complexity index is 312. The predicted octanol–water partition coefficient (Wildman–Crippen LogP) is 1.43. The van der Waals surface area contributed by atoms with Crippen LogP contribution in [0.25, 0.3) is 12.2 Å². The van der Waals surface area contributed by atoms with E-state index in [1.54, 1.807) is 18.7 Å². The van der Waals surface area contributed by atoms with Gasteiger partial charge < -0.3 is 4.98 Å². The molecule has 0 aromatic carbocycles. The summed E-state index contributed by atoms with van der Waals surface area (Å²) in [5, 5.41) is 0. The Hall–Kier alpha value is -1.49. The molecule has 1 N–H and O–H groups in total. The van der Waals surface area contributed by atoms with Crippen molar-refractivity contribution in [3.8, 4) is 0 Å². The van der Waals surface area contributed by atoms with Gasteiger partial charge in [-0.05, 0) is 12.2 Å². The summed E-state index contributed by atoms with van der Waals surface area (Å²) < 4.78 is 7.90. The number of hydrogen-bond acceptors (Lipinski definition) is 4. The lowest BCUT2D eigenvalue weighted by molar-refractivity contribution is 1.31. The van der Waals surface area contributed by atoms with Crippen LogP contribution in [0.15, 0.2) is 18.7 Å². The van der Waals surface area contributed by atoms with Crippen LogP contribution in [0.5, 0.6) is 0 Å². The fourth-order valence-corrected chi connectivity index (χ4v) is 1.18. The van der Waals surface area contributed by atoms with E-state index in [0.29, 0.717) is 0 Å². The maximum Gasteiger partial charge on any atom is 0.0970 e. The molecule has 0 aliphatic heterocycles. The summed E-state index contributed by atoms with van der Waals surface area (Å²) in [5.74, 6) is 0. The largest absolute Gasteiger partial charge is 0.345 e. The van der Waals surface area contributed by atoms with E-state index in [-0.39, 0.29) is 0 Å². The predicted molar refractivity (Wildman–Crippen MR) is 47.4 cm³/mol.